The quantitative estimate of drug-likeness (QED) is 0.795. The summed E-state index contributed by atoms with van der Waals surface area (Å²) < 4.78 is 0. The summed E-state index contributed by atoms with van der Waals surface area (Å²) in [6.45, 7) is 5.43. The third-order valence-electron chi connectivity index (χ3n) is 4.11. The van der Waals surface area contributed by atoms with Crippen LogP contribution >= 0.6 is 0 Å². The molecule has 1 aromatic rings. The first-order valence-corrected chi connectivity index (χ1v) is 7.17. The molecule has 1 saturated heterocycles. The molecule has 4 N–H and O–H groups in total. The van der Waals surface area contributed by atoms with Gasteiger partial charge in [-0.2, -0.15) is 0 Å². The van der Waals surface area contributed by atoms with Gasteiger partial charge in [-0.3, -0.25) is 9.69 Å². The number of primary amides is 1. The van der Waals surface area contributed by atoms with E-state index in [1.54, 1.807) is 12.1 Å². The molecule has 0 aliphatic carbocycles. The molecule has 1 unspecified atom stereocenters. The van der Waals surface area contributed by atoms with Crippen molar-refractivity contribution in [1.82, 2.24) is 4.90 Å². The van der Waals surface area contributed by atoms with Crippen LogP contribution in [0, 0.1) is 0 Å². The fourth-order valence-electron chi connectivity index (χ4n) is 2.99. The van der Waals surface area contributed by atoms with E-state index in [1.165, 1.54) is 19.4 Å². The topological polar surface area (TPSA) is 75.6 Å². The molecule has 0 saturated carbocycles. The summed E-state index contributed by atoms with van der Waals surface area (Å²) in [6, 6.07) is 5.85. The van der Waals surface area contributed by atoms with Crippen LogP contribution in [0.15, 0.2) is 18.2 Å². The Morgan fingerprint density at radius 3 is 2.85 bits per heavy atom. The molecule has 1 aliphatic rings. The normalized spacial score (nSPS) is 19.2. The monoisotopic (exact) mass is 276 g/mol. The Morgan fingerprint density at radius 2 is 2.25 bits per heavy atom. The number of benzene rings is 1. The summed E-state index contributed by atoms with van der Waals surface area (Å²) in [7, 11) is 2.04. The van der Waals surface area contributed by atoms with Crippen LogP contribution in [0.25, 0.3) is 0 Å². The molecule has 1 atom stereocenters. The van der Waals surface area contributed by atoms with Crippen molar-refractivity contribution in [2.75, 3.05) is 37.3 Å². The van der Waals surface area contributed by atoms with E-state index < -0.39 is 5.91 Å². The van der Waals surface area contributed by atoms with Crippen LogP contribution < -0.4 is 16.4 Å². The minimum atomic E-state index is -0.446. The van der Waals surface area contributed by atoms with Crippen LogP contribution in [0.4, 0.5) is 11.4 Å². The summed E-state index contributed by atoms with van der Waals surface area (Å²) in [5.41, 5.74) is 13.3. The lowest BCUT2D eigenvalue weighted by Gasteiger charge is -2.29. The maximum atomic E-state index is 11.1. The Balaban J connectivity index is 2.09. The lowest BCUT2D eigenvalue weighted by Crippen LogP contribution is -2.39. The number of hydrogen-bond donors (Lipinski definition) is 2. The van der Waals surface area contributed by atoms with Crippen molar-refractivity contribution in [3.63, 3.8) is 0 Å². The highest BCUT2D eigenvalue weighted by molar-refractivity contribution is 5.94. The summed E-state index contributed by atoms with van der Waals surface area (Å²) in [4.78, 5) is 15.8. The first-order chi connectivity index (χ1) is 9.52. The lowest BCUT2D eigenvalue weighted by molar-refractivity contribution is 0.100. The largest absolute Gasteiger partial charge is 0.397 e. The first kappa shape index (κ1) is 14.7. The molecule has 1 fully saturated rings. The van der Waals surface area contributed by atoms with Gasteiger partial charge >= 0.3 is 0 Å². The summed E-state index contributed by atoms with van der Waals surface area (Å²) in [5.74, 6) is -0.446. The third-order valence-corrected chi connectivity index (χ3v) is 4.11. The smallest absolute Gasteiger partial charge is 0.248 e. The van der Waals surface area contributed by atoms with Crippen LogP contribution in [-0.2, 0) is 0 Å². The van der Waals surface area contributed by atoms with Gasteiger partial charge in [-0.05, 0) is 44.1 Å². The van der Waals surface area contributed by atoms with E-state index >= 15 is 0 Å². The van der Waals surface area contributed by atoms with Crippen LogP contribution in [0.2, 0.25) is 0 Å². The molecule has 0 spiro atoms. The van der Waals surface area contributed by atoms with Gasteiger partial charge in [-0.25, -0.2) is 0 Å². The second kappa shape index (κ2) is 6.13. The van der Waals surface area contributed by atoms with Crippen LogP contribution in [0.3, 0.4) is 0 Å². The average Bonchev–Trinajstić information content (AvgIpc) is 2.85. The minimum Gasteiger partial charge on any atom is -0.397 e. The van der Waals surface area contributed by atoms with Crippen molar-refractivity contribution in [2.45, 2.75) is 25.8 Å². The molecule has 1 amide bonds. The molecule has 0 radical (unpaired) electrons. The Kier molecular flexibility index (Phi) is 4.49. The van der Waals surface area contributed by atoms with Crippen molar-refractivity contribution in [3.05, 3.63) is 23.8 Å². The second-order valence-corrected chi connectivity index (χ2v) is 5.44. The van der Waals surface area contributed by atoms with Gasteiger partial charge in [0, 0.05) is 25.2 Å². The number of carbonyl (C=O) groups is 1. The molecule has 110 valence electrons. The van der Waals surface area contributed by atoms with Gasteiger partial charge in [0.05, 0.1) is 11.4 Å². The molecule has 1 aliphatic heterocycles. The maximum Gasteiger partial charge on any atom is 0.248 e. The molecule has 5 nitrogen and oxygen atoms in total. The fraction of sp³-hybridized carbons (Fsp3) is 0.533. The molecule has 20 heavy (non-hydrogen) atoms. The van der Waals surface area contributed by atoms with Gasteiger partial charge in [0.15, 0.2) is 0 Å². The number of amides is 1. The van der Waals surface area contributed by atoms with Crippen LogP contribution in [0.1, 0.15) is 30.1 Å². The standard InChI is InChI=1S/C15H24N4O/c1-3-19-8-4-5-12(19)10-18(2)14-7-6-11(15(17)20)9-13(14)16/h6-7,9,12H,3-5,8,10,16H2,1-2H3,(H2,17,20). The molecular weight excluding hydrogens is 252 g/mol. The number of hydrogen-bond acceptors (Lipinski definition) is 4. The highest BCUT2D eigenvalue weighted by Gasteiger charge is 2.24. The zero-order valence-corrected chi connectivity index (χ0v) is 12.3. The molecule has 0 aromatic heterocycles. The number of carbonyl (C=O) groups excluding carboxylic acids is 1. The van der Waals surface area contributed by atoms with Gasteiger partial charge in [0.2, 0.25) is 5.91 Å². The predicted octanol–water partition coefficient (Wildman–Crippen LogP) is 1.29. The first-order valence-electron chi connectivity index (χ1n) is 7.17. The van der Waals surface area contributed by atoms with E-state index in [0.29, 0.717) is 17.3 Å². The van der Waals surface area contributed by atoms with Crippen molar-refractivity contribution in [1.29, 1.82) is 0 Å². The Bertz CT molecular complexity index is 489. The SMILES string of the molecule is CCN1CCCC1CN(C)c1ccc(C(N)=O)cc1N. The van der Waals surface area contributed by atoms with E-state index in [4.69, 9.17) is 11.5 Å². The molecule has 1 aromatic carbocycles. The molecule has 1 heterocycles. The lowest BCUT2D eigenvalue weighted by atomic mass is 10.1. The van der Waals surface area contributed by atoms with Gasteiger partial charge in [-0.1, -0.05) is 6.92 Å². The van der Waals surface area contributed by atoms with Crippen LogP contribution in [-0.4, -0.2) is 43.5 Å². The number of nitrogens with zero attached hydrogens (tertiary/aromatic N) is 2. The molecule has 5 heteroatoms. The summed E-state index contributed by atoms with van der Waals surface area (Å²) >= 11 is 0. The fourth-order valence-corrected chi connectivity index (χ4v) is 2.99. The highest BCUT2D eigenvalue weighted by Crippen LogP contribution is 2.25. The molecular formula is C15H24N4O. The summed E-state index contributed by atoms with van der Waals surface area (Å²) in [5, 5.41) is 0. The van der Waals surface area contributed by atoms with Gasteiger partial charge in [-0.15, -0.1) is 0 Å². The number of nitrogen functional groups attached to an aromatic ring is 1. The van der Waals surface area contributed by atoms with E-state index in [1.807, 2.05) is 13.1 Å². The van der Waals surface area contributed by atoms with Crippen molar-refractivity contribution < 1.29 is 4.79 Å². The molecule has 2 rings (SSSR count). The number of rotatable bonds is 5. The van der Waals surface area contributed by atoms with E-state index in [9.17, 15) is 4.79 Å². The van der Waals surface area contributed by atoms with Gasteiger partial charge < -0.3 is 16.4 Å². The predicted molar refractivity (Wildman–Crippen MR) is 82.9 cm³/mol. The number of nitrogens with two attached hydrogens (primary N) is 2. The van der Waals surface area contributed by atoms with E-state index in [2.05, 4.69) is 16.7 Å². The van der Waals surface area contributed by atoms with E-state index in [-0.39, 0.29) is 0 Å². The Morgan fingerprint density at radius 1 is 1.50 bits per heavy atom. The van der Waals surface area contributed by atoms with Gasteiger partial charge in [0.25, 0.3) is 0 Å². The Hall–Kier alpha value is -1.75. The Labute approximate surface area is 120 Å². The number of anilines is 2. The second-order valence-electron chi connectivity index (χ2n) is 5.44. The van der Waals surface area contributed by atoms with Crippen molar-refractivity contribution >= 4 is 17.3 Å². The summed E-state index contributed by atoms with van der Waals surface area (Å²) in [6.07, 6.45) is 2.50. The minimum absolute atomic E-state index is 0.446. The van der Waals surface area contributed by atoms with Crippen LogP contribution in [0.5, 0.6) is 0 Å². The maximum absolute atomic E-state index is 11.1. The van der Waals surface area contributed by atoms with Crippen molar-refractivity contribution in [2.24, 2.45) is 5.73 Å². The number of likely N-dealkylation sites (tertiary alicyclic amines) is 1. The van der Waals surface area contributed by atoms with Crippen molar-refractivity contribution in [3.8, 4) is 0 Å². The van der Waals surface area contributed by atoms with E-state index in [0.717, 1.165) is 18.8 Å². The zero-order valence-electron chi connectivity index (χ0n) is 12.3. The molecule has 0 bridgehead atoms. The zero-order chi connectivity index (χ0) is 14.7. The third kappa shape index (κ3) is 3.04. The highest BCUT2D eigenvalue weighted by atomic mass is 16.1. The average molecular weight is 276 g/mol. The number of likely N-dealkylation sites (N-methyl/N-ethyl adjacent to an activating group) is 2. The van der Waals surface area contributed by atoms with Gasteiger partial charge in [0.1, 0.15) is 0 Å².